The highest BCUT2D eigenvalue weighted by Crippen LogP contribution is 2.40. The molecule has 2 aromatic heterocycles. The van der Waals surface area contributed by atoms with Crippen LogP contribution in [0.15, 0.2) is 21.0 Å². The van der Waals surface area contributed by atoms with Gasteiger partial charge in [0.15, 0.2) is 5.16 Å². The van der Waals surface area contributed by atoms with Gasteiger partial charge in [-0.05, 0) is 38.5 Å². The lowest BCUT2D eigenvalue weighted by atomic mass is 10.3. The van der Waals surface area contributed by atoms with Crippen molar-refractivity contribution in [1.82, 2.24) is 19.9 Å². The molecule has 1 saturated carbocycles. The highest BCUT2D eigenvalue weighted by molar-refractivity contribution is 7.99. The number of H-pyrrole nitrogens is 1. The fraction of sp³-hybridized carbons (Fsp3) is 0.385. The molecule has 0 bridgehead atoms. The second-order valence-electron chi connectivity index (χ2n) is 4.87. The van der Waals surface area contributed by atoms with Gasteiger partial charge >= 0.3 is 0 Å². The fourth-order valence-corrected chi connectivity index (χ4v) is 2.95. The second-order valence-corrected chi connectivity index (χ2v) is 6.21. The van der Waals surface area contributed by atoms with Crippen molar-refractivity contribution in [2.45, 2.75) is 42.8 Å². The van der Waals surface area contributed by atoms with E-state index < -0.39 is 0 Å². The minimum absolute atomic E-state index is 0.166. The van der Waals surface area contributed by atoms with Crippen LogP contribution in [-0.4, -0.2) is 19.9 Å². The average molecular weight is 309 g/mol. The van der Waals surface area contributed by atoms with Crippen LogP contribution in [0.2, 0.25) is 5.15 Å². The van der Waals surface area contributed by atoms with E-state index in [1.54, 1.807) is 6.92 Å². The fourth-order valence-electron chi connectivity index (χ4n) is 1.80. The van der Waals surface area contributed by atoms with Gasteiger partial charge in [-0.25, -0.2) is 15.0 Å². The third-order valence-corrected chi connectivity index (χ3v) is 4.39. The summed E-state index contributed by atoms with van der Waals surface area (Å²) < 4.78 is 0. The highest BCUT2D eigenvalue weighted by Gasteiger charge is 2.28. The van der Waals surface area contributed by atoms with Crippen molar-refractivity contribution in [3.63, 3.8) is 0 Å². The SMILES string of the molecule is Cc1cc(=O)[nH]c(Sc2nc(C3CC3)nc(Cl)c2C)n1. The Balaban J connectivity index is 1.98. The largest absolute Gasteiger partial charge is 0.301 e. The maximum atomic E-state index is 11.5. The Morgan fingerprint density at radius 3 is 2.70 bits per heavy atom. The molecule has 0 atom stereocenters. The second kappa shape index (κ2) is 5.18. The Morgan fingerprint density at radius 2 is 2.05 bits per heavy atom. The summed E-state index contributed by atoms with van der Waals surface area (Å²) in [6, 6.07) is 1.46. The molecule has 1 fully saturated rings. The zero-order chi connectivity index (χ0) is 14.3. The molecule has 2 heterocycles. The van der Waals surface area contributed by atoms with Crippen LogP contribution in [0.25, 0.3) is 0 Å². The Bertz CT molecular complexity index is 727. The summed E-state index contributed by atoms with van der Waals surface area (Å²) >= 11 is 7.48. The van der Waals surface area contributed by atoms with E-state index in [0.717, 1.165) is 29.3 Å². The van der Waals surface area contributed by atoms with Crippen LogP contribution in [0.3, 0.4) is 0 Å². The molecular formula is C13H13ClN4OS. The molecule has 3 rings (SSSR count). The molecule has 1 aliphatic rings. The van der Waals surface area contributed by atoms with Gasteiger partial charge in [0.1, 0.15) is 16.0 Å². The molecule has 0 saturated heterocycles. The van der Waals surface area contributed by atoms with E-state index in [9.17, 15) is 4.79 Å². The van der Waals surface area contributed by atoms with Gasteiger partial charge in [-0.15, -0.1) is 0 Å². The van der Waals surface area contributed by atoms with Crippen molar-refractivity contribution in [3.05, 3.63) is 38.7 Å². The number of nitrogens with one attached hydrogen (secondary N) is 1. The first-order valence-electron chi connectivity index (χ1n) is 6.33. The van der Waals surface area contributed by atoms with Crippen molar-refractivity contribution in [2.75, 3.05) is 0 Å². The minimum atomic E-state index is -0.166. The normalized spacial score (nSPS) is 14.6. The summed E-state index contributed by atoms with van der Waals surface area (Å²) in [5, 5.41) is 1.75. The van der Waals surface area contributed by atoms with Crippen LogP contribution in [0.4, 0.5) is 0 Å². The number of hydrogen-bond donors (Lipinski definition) is 1. The van der Waals surface area contributed by atoms with E-state index in [1.165, 1.54) is 17.8 Å². The lowest BCUT2D eigenvalue weighted by Crippen LogP contribution is -2.08. The molecule has 104 valence electrons. The van der Waals surface area contributed by atoms with Crippen LogP contribution in [0.1, 0.15) is 35.8 Å². The van der Waals surface area contributed by atoms with Gasteiger partial charge in [0, 0.05) is 23.2 Å². The maximum absolute atomic E-state index is 11.5. The van der Waals surface area contributed by atoms with Crippen LogP contribution >= 0.6 is 23.4 Å². The molecule has 0 radical (unpaired) electrons. The summed E-state index contributed by atoms with van der Waals surface area (Å²) in [6.07, 6.45) is 2.23. The predicted molar refractivity (Wildman–Crippen MR) is 77.5 cm³/mol. The zero-order valence-corrected chi connectivity index (χ0v) is 12.7. The monoisotopic (exact) mass is 308 g/mol. The van der Waals surface area contributed by atoms with Crippen LogP contribution in [0, 0.1) is 13.8 Å². The van der Waals surface area contributed by atoms with Crippen molar-refractivity contribution in [1.29, 1.82) is 0 Å². The molecule has 0 aliphatic heterocycles. The van der Waals surface area contributed by atoms with Crippen molar-refractivity contribution < 1.29 is 0 Å². The lowest BCUT2D eigenvalue weighted by molar-refractivity contribution is 0.852. The maximum Gasteiger partial charge on any atom is 0.251 e. The quantitative estimate of drug-likeness (QED) is 0.697. The number of hydrogen-bond acceptors (Lipinski definition) is 5. The molecule has 0 unspecified atom stereocenters. The van der Waals surface area contributed by atoms with E-state index in [2.05, 4.69) is 19.9 Å². The molecule has 1 N–H and O–H groups in total. The molecule has 0 aromatic carbocycles. The van der Waals surface area contributed by atoms with Crippen molar-refractivity contribution in [2.24, 2.45) is 0 Å². The highest BCUT2D eigenvalue weighted by atomic mass is 35.5. The predicted octanol–water partition coefficient (Wildman–Crippen LogP) is 2.86. The summed E-state index contributed by atoms with van der Waals surface area (Å²) in [5.41, 5.74) is 1.32. The standard InChI is InChI=1S/C13H13ClN4OS/c1-6-5-9(19)16-13(15-6)20-12-7(2)10(14)17-11(18-12)8-3-4-8/h5,8H,3-4H2,1-2H3,(H,15,16,19). The summed E-state index contributed by atoms with van der Waals surface area (Å²) in [7, 11) is 0. The third-order valence-electron chi connectivity index (χ3n) is 3.04. The number of nitrogens with zero attached hydrogens (tertiary/aromatic N) is 3. The Kier molecular flexibility index (Phi) is 3.52. The first-order valence-corrected chi connectivity index (χ1v) is 7.52. The van der Waals surface area contributed by atoms with Gasteiger partial charge in [0.05, 0.1) is 0 Å². The molecule has 0 spiro atoms. The summed E-state index contributed by atoms with van der Waals surface area (Å²) in [6.45, 7) is 3.66. The van der Waals surface area contributed by atoms with E-state index in [1.807, 2.05) is 6.92 Å². The third kappa shape index (κ3) is 2.86. The van der Waals surface area contributed by atoms with Gasteiger partial charge in [-0.1, -0.05) is 11.6 Å². The molecule has 7 heteroatoms. The number of halogens is 1. The molecule has 5 nitrogen and oxygen atoms in total. The smallest absolute Gasteiger partial charge is 0.251 e. The van der Waals surface area contributed by atoms with Crippen molar-refractivity contribution >= 4 is 23.4 Å². The van der Waals surface area contributed by atoms with Crippen LogP contribution in [0.5, 0.6) is 0 Å². The van der Waals surface area contributed by atoms with E-state index >= 15 is 0 Å². The molecule has 0 amide bonds. The first-order chi connectivity index (χ1) is 9.52. The Labute approximate surface area is 125 Å². The first kappa shape index (κ1) is 13.6. The molecule has 2 aromatic rings. The van der Waals surface area contributed by atoms with Crippen LogP contribution < -0.4 is 5.56 Å². The van der Waals surface area contributed by atoms with Gasteiger partial charge in [0.2, 0.25) is 0 Å². The number of rotatable bonds is 3. The molecule has 20 heavy (non-hydrogen) atoms. The van der Waals surface area contributed by atoms with Crippen LogP contribution in [-0.2, 0) is 0 Å². The van der Waals surface area contributed by atoms with Gasteiger partial charge < -0.3 is 4.98 Å². The topological polar surface area (TPSA) is 71.5 Å². The van der Waals surface area contributed by atoms with E-state index in [0.29, 0.717) is 21.9 Å². The van der Waals surface area contributed by atoms with E-state index in [-0.39, 0.29) is 5.56 Å². The zero-order valence-electron chi connectivity index (χ0n) is 11.1. The minimum Gasteiger partial charge on any atom is -0.301 e. The lowest BCUT2D eigenvalue weighted by Gasteiger charge is -2.08. The van der Waals surface area contributed by atoms with Gasteiger partial charge in [0.25, 0.3) is 5.56 Å². The number of aromatic nitrogens is 4. The molecular weight excluding hydrogens is 296 g/mol. The average Bonchev–Trinajstić information content (AvgIpc) is 3.17. The number of aromatic amines is 1. The summed E-state index contributed by atoms with van der Waals surface area (Å²) in [4.78, 5) is 27.3. The van der Waals surface area contributed by atoms with Crippen molar-refractivity contribution in [3.8, 4) is 0 Å². The Hall–Kier alpha value is -1.40. The van der Waals surface area contributed by atoms with Gasteiger partial charge in [-0.3, -0.25) is 4.79 Å². The molecule has 1 aliphatic carbocycles. The number of aryl methyl sites for hydroxylation is 1. The Morgan fingerprint density at radius 1 is 1.30 bits per heavy atom. The van der Waals surface area contributed by atoms with Gasteiger partial charge in [-0.2, -0.15) is 0 Å². The van der Waals surface area contributed by atoms with E-state index in [4.69, 9.17) is 11.6 Å². The summed E-state index contributed by atoms with van der Waals surface area (Å²) in [5.74, 6) is 1.22.